The first-order valence-electron chi connectivity index (χ1n) is 6.28. The minimum atomic E-state index is -0.384. The molecule has 0 saturated heterocycles. The van der Waals surface area contributed by atoms with Gasteiger partial charge >= 0.3 is 0 Å². The van der Waals surface area contributed by atoms with Crippen LogP contribution in [0.25, 0.3) is 0 Å². The number of anilines is 1. The Morgan fingerprint density at radius 3 is 2.55 bits per heavy atom. The van der Waals surface area contributed by atoms with E-state index in [9.17, 15) is 14.7 Å². The lowest BCUT2D eigenvalue weighted by molar-refractivity contribution is -0.115. The number of amides is 2. The van der Waals surface area contributed by atoms with Gasteiger partial charge in [0.2, 0.25) is 5.91 Å². The largest absolute Gasteiger partial charge is 0.507 e. The maximum atomic E-state index is 11.9. The van der Waals surface area contributed by atoms with E-state index in [0.717, 1.165) is 4.47 Å². The van der Waals surface area contributed by atoms with Crippen molar-refractivity contribution in [3.8, 4) is 5.75 Å². The Kier molecular flexibility index (Phi) is 5.57. The molecule has 0 aliphatic rings. The van der Waals surface area contributed by atoms with Crippen LogP contribution in [0.4, 0.5) is 5.69 Å². The van der Waals surface area contributed by atoms with Gasteiger partial charge in [-0.2, -0.15) is 0 Å². The zero-order valence-electron chi connectivity index (χ0n) is 11.3. The van der Waals surface area contributed by atoms with Crippen molar-refractivity contribution in [2.75, 3.05) is 11.9 Å². The topological polar surface area (TPSA) is 78.4 Å². The van der Waals surface area contributed by atoms with Crippen molar-refractivity contribution in [2.24, 2.45) is 0 Å². The molecule has 0 fully saturated rings. The van der Waals surface area contributed by atoms with Crippen LogP contribution in [0.2, 0.25) is 0 Å². The van der Waals surface area contributed by atoms with Crippen LogP contribution in [0.1, 0.15) is 10.4 Å². The fourth-order valence-corrected chi connectivity index (χ4v) is 2.33. The number of phenolic OH excluding ortho intramolecular Hbond substituents is 1. The van der Waals surface area contributed by atoms with E-state index < -0.39 is 0 Å². The van der Waals surface area contributed by atoms with E-state index in [-0.39, 0.29) is 24.1 Å². The molecule has 3 N–H and O–H groups in total. The highest BCUT2D eigenvalue weighted by Gasteiger charge is 2.09. The summed E-state index contributed by atoms with van der Waals surface area (Å²) in [5.74, 6) is -0.698. The number of hydrogen-bond acceptors (Lipinski definition) is 3. The summed E-state index contributed by atoms with van der Waals surface area (Å²) in [6.07, 6.45) is 0. The predicted octanol–water partition coefficient (Wildman–Crippen LogP) is 3.29. The molecule has 0 aromatic heterocycles. The number of aromatic hydroxyl groups is 1. The Bertz CT molecular complexity index is 720. The zero-order chi connectivity index (χ0) is 16.1. The quantitative estimate of drug-likeness (QED) is 0.700. The Morgan fingerprint density at radius 1 is 1.09 bits per heavy atom. The number of benzene rings is 2. The molecule has 0 aliphatic carbocycles. The summed E-state index contributed by atoms with van der Waals surface area (Å²) in [5.41, 5.74) is 0.908. The van der Waals surface area contributed by atoms with Crippen molar-refractivity contribution < 1.29 is 14.7 Å². The van der Waals surface area contributed by atoms with Crippen molar-refractivity contribution in [3.63, 3.8) is 0 Å². The second kappa shape index (κ2) is 7.42. The Hall–Kier alpha value is -1.86. The molecule has 22 heavy (non-hydrogen) atoms. The molecule has 0 heterocycles. The second-order valence-electron chi connectivity index (χ2n) is 4.41. The molecule has 0 unspecified atom stereocenters. The summed E-state index contributed by atoms with van der Waals surface area (Å²) in [6.45, 7) is -0.165. The first-order chi connectivity index (χ1) is 10.5. The van der Waals surface area contributed by atoms with E-state index in [0.29, 0.717) is 15.7 Å². The molecule has 0 spiro atoms. The molecule has 2 aromatic rings. The average Bonchev–Trinajstić information content (AvgIpc) is 2.48. The van der Waals surface area contributed by atoms with Crippen LogP contribution in [-0.2, 0) is 4.79 Å². The van der Waals surface area contributed by atoms with Gasteiger partial charge in [0.05, 0.1) is 11.0 Å². The Balaban J connectivity index is 1.90. The number of halogens is 2. The molecule has 5 nitrogen and oxygen atoms in total. The minimum absolute atomic E-state index is 0.0240. The van der Waals surface area contributed by atoms with Crippen LogP contribution in [0.15, 0.2) is 51.4 Å². The number of carbonyl (C=O) groups is 2. The molecule has 0 bridgehead atoms. The van der Waals surface area contributed by atoms with Gasteiger partial charge in [-0.1, -0.05) is 22.0 Å². The van der Waals surface area contributed by atoms with Gasteiger partial charge in [0.25, 0.3) is 5.91 Å². The highest BCUT2D eigenvalue weighted by molar-refractivity contribution is 9.10. The summed E-state index contributed by atoms with van der Waals surface area (Å²) in [7, 11) is 0. The first-order valence-corrected chi connectivity index (χ1v) is 7.86. The van der Waals surface area contributed by atoms with E-state index in [2.05, 4.69) is 42.5 Å². The minimum Gasteiger partial charge on any atom is -0.507 e. The molecular formula is C15H12Br2N2O3. The molecule has 2 rings (SSSR count). The van der Waals surface area contributed by atoms with Crippen molar-refractivity contribution >= 4 is 49.4 Å². The van der Waals surface area contributed by atoms with Crippen molar-refractivity contribution in [1.29, 1.82) is 0 Å². The third-order valence-corrected chi connectivity index (χ3v) is 3.89. The van der Waals surface area contributed by atoms with Crippen molar-refractivity contribution in [1.82, 2.24) is 5.32 Å². The average molecular weight is 428 g/mol. The van der Waals surface area contributed by atoms with E-state index in [1.807, 2.05) is 6.07 Å². The normalized spacial score (nSPS) is 10.1. The number of rotatable bonds is 4. The zero-order valence-corrected chi connectivity index (χ0v) is 14.4. The van der Waals surface area contributed by atoms with E-state index >= 15 is 0 Å². The van der Waals surface area contributed by atoms with Gasteiger partial charge in [-0.25, -0.2) is 0 Å². The molecule has 0 aliphatic heterocycles. The third-order valence-electron chi connectivity index (χ3n) is 2.73. The Labute approximate surface area is 144 Å². The van der Waals surface area contributed by atoms with E-state index in [1.54, 1.807) is 30.3 Å². The smallest absolute Gasteiger partial charge is 0.251 e. The van der Waals surface area contributed by atoms with Crippen LogP contribution < -0.4 is 10.6 Å². The van der Waals surface area contributed by atoms with Gasteiger partial charge in [0.1, 0.15) is 5.75 Å². The number of nitrogens with one attached hydrogen (secondary N) is 2. The molecule has 7 heteroatoms. The lowest BCUT2D eigenvalue weighted by Gasteiger charge is -2.08. The standard InChI is InChI=1S/C15H12Br2N2O3/c16-10-3-1-2-9(6-10)15(22)18-8-14(21)19-11-4-5-12(17)13(20)7-11/h1-7,20H,8H2,(H,18,22)(H,19,21). The van der Waals surface area contributed by atoms with Gasteiger partial charge in [0.15, 0.2) is 0 Å². The SMILES string of the molecule is O=C(CNC(=O)c1cccc(Br)c1)Nc1ccc(Br)c(O)c1. The summed E-state index contributed by atoms with van der Waals surface area (Å²) >= 11 is 6.43. The molecular weight excluding hydrogens is 416 g/mol. The van der Waals surface area contributed by atoms with Crippen molar-refractivity contribution in [2.45, 2.75) is 0 Å². The molecule has 2 amide bonds. The summed E-state index contributed by atoms with van der Waals surface area (Å²) in [4.78, 5) is 23.7. The Morgan fingerprint density at radius 2 is 1.86 bits per heavy atom. The fourth-order valence-electron chi connectivity index (χ4n) is 1.69. The predicted molar refractivity (Wildman–Crippen MR) is 90.9 cm³/mol. The summed E-state index contributed by atoms with van der Waals surface area (Å²) < 4.78 is 1.32. The maximum Gasteiger partial charge on any atom is 0.251 e. The van der Waals surface area contributed by atoms with Crippen LogP contribution in [0.5, 0.6) is 5.75 Å². The monoisotopic (exact) mass is 426 g/mol. The highest BCUT2D eigenvalue weighted by Crippen LogP contribution is 2.26. The molecule has 0 radical (unpaired) electrons. The van der Waals surface area contributed by atoms with Gasteiger partial charge in [-0.05, 0) is 46.3 Å². The third kappa shape index (κ3) is 4.57. The highest BCUT2D eigenvalue weighted by atomic mass is 79.9. The van der Waals surface area contributed by atoms with Gasteiger partial charge in [-0.15, -0.1) is 0 Å². The lowest BCUT2D eigenvalue weighted by Crippen LogP contribution is -2.32. The van der Waals surface area contributed by atoms with Crippen LogP contribution in [-0.4, -0.2) is 23.5 Å². The summed E-state index contributed by atoms with van der Waals surface area (Å²) in [5, 5.41) is 14.6. The fraction of sp³-hybridized carbons (Fsp3) is 0.0667. The van der Waals surface area contributed by atoms with Crippen LogP contribution >= 0.6 is 31.9 Å². The number of hydrogen-bond donors (Lipinski definition) is 3. The first kappa shape index (κ1) is 16.5. The van der Waals surface area contributed by atoms with Crippen LogP contribution in [0.3, 0.4) is 0 Å². The van der Waals surface area contributed by atoms with E-state index in [1.165, 1.54) is 6.07 Å². The number of carbonyl (C=O) groups excluding carboxylic acids is 2. The van der Waals surface area contributed by atoms with Gasteiger partial charge in [0, 0.05) is 21.8 Å². The number of phenols is 1. The van der Waals surface area contributed by atoms with Gasteiger partial charge < -0.3 is 15.7 Å². The molecule has 0 atom stereocenters. The lowest BCUT2D eigenvalue weighted by atomic mass is 10.2. The van der Waals surface area contributed by atoms with E-state index in [4.69, 9.17) is 0 Å². The van der Waals surface area contributed by atoms with Gasteiger partial charge in [-0.3, -0.25) is 9.59 Å². The molecule has 2 aromatic carbocycles. The maximum absolute atomic E-state index is 11.9. The molecule has 114 valence electrons. The summed E-state index contributed by atoms with van der Waals surface area (Å²) in [6, 6.07) is 11.5. The van der Waals surface area contributed by atoms with Crippen molar-refractivity contribution in [3.05, 3.63) is 57.0 Å². The van der Waals surface area contributed by atoms with Crippen LogP contribution in [0, 0.1) is 0 Å². The molecule has 0 saturated carbocycles. The second-order valence-corrected chi connectivity index (χ2v) is 6.18.